The minimum Gasteiger partial charge on any atom is -0.497 e. The normalized spacial score (nSPS) is 10.4. The molecule has 1 aromatic heterocycles. The molecule has 3 nitrogen and oxygen atoms in total. The molecule has 0 saturated carbocycles. The number of methoxy groups -OCH3 is 1. The summed E-state index contributed by atoms with van der Waals surface area (Å²) in [7, 11) is 1.62. The van der Waals surface area contributed by atoms with Crippen LogP contribution in [0.2, 0.25) is 15.1 Å². The Hall–Kier alpha value is -1.16. The SMILES string of the molecule is COc1cc(C)nc(CNc2c(Cl)cc(Cl)cc2Cl)c1. The van der Waals surface area contributed by atoms with E-state index in [2.05, 4.69) is 10.3 Å². The van der Waals surface area contributed by atoms with Crippen molar-refractivity contribution in [2.24, 2.45) is 0 Å². The monoisotopic (exact) mass is 330 g/mol. The molecule has 0 atom stereocenters. The summed E-state index contributed by atoms with van der Waals surface area (Å²) in [5, 5.41) is 4.61. The van der Waals surface area contributed by atoms with Gasteiger partial charge in [0, 0.05) is 22.8 Å². The molecule has 0 saturated heterocycles. The average molecular weight is 332 g/mol. The summed E-state index contributed by atoms with van der Waals surface area (Å²) in [5.74, 6) is 0.766. The van der Waals surface area contributed by atoms with Crippen molar-refractivity contribution < 1.29 is 4.74 Å². The first-order chi connectivity index (χ1) is 9.49. The van der Waals surface area contributed by atoms with Crippen LogP contribution in [0.1, 0.15) is 11.4 Å². The van der Waals surface area contributed by atoms with Crippen molar-refractivity contribution in [2.75, 3.05) is 12.4 Å². The number of aromatic nitrogens is 1. The van der Waals surface area contributed by atoms with E-state index < -0.39 is 0 Å². The topological polar surface area (TPSA) is 34.1 Å². The first-order valence-corrected chi connectivity index (χ1v) is 7.03. The van der Waals surface area contributed by atoms with Gasteiger partial charge in [0.25, 0.3) is 0 Å². The summed E-state index contributed by atoms with van der Waals surface area (Å²) in [5.41, 5.74) is 2.36. The van der Waals surface area contributed by atoms with Gasteiger partial charge in [0.1, 0.15) is 5.75 Å². The van der Waals surface area contributed by atoms with Crippen LogP contribution in [0.5, 0.6) is 5.75 Å². The summed E-state index contributed by atoms with van der Waals surface area (Å²) in [4.78, 5) is 4.42. The Morgan fingerprint density at radius 3 is 2.35 bits per heavy atom. The van der Waals surface area contributed by atoms with Crippen molar-refractivity contribution in [3.63, 3.8) is 0 Å². The van der Waals surface area contributed by atoms with E-state index in [0.717, 1.165) is 17.1 Å². The lowest BCUT2D eigenvalue weighted by Gasteiger charge is -2.11. The van der Waals surface area contributed by atoms with Crippen molar-refractivity contribution in [2.45, 2.75) is 13.5 Å². The van der Waals surface area contributed by atoms with Crippen LogP contribution in [0, 0.1) is 6.92 Å². The van der Waals surface area contributed by atoms with E-state index in [1.54, 1.807) is 19.2 Å². The van der Waals surface area contributed by atoms with Crippen molar-refractivity contribution in [3.8, 4) is 5.75 Å². The van der Waals surface area contributed by atoms with E-state index in [-0.39, 0.29) is 0 Å². The number of nitrogens with one attached hydrogen (secondary N) is 1. The van der Waals surface area contributed by atoms with Gasteiger partial charge >= 0.3 is 0 Å². The maximum absolute atomic E-state index is 6.11. The van der Waals surface area contributed by atoms with Gasteiger partial charge in [-0.15, -0.1) is 0 Å². The number of benzene rings is 1. The highest BCUT2D eigenvalue weighted by Gasteiger charge is 2.08. The molecule has 0 bridgehead atoms. The molecule has 0 aliphatic heterocycles. The highest BCUT2D eigenvalue weighted by atomic mass is 35.5. The van der Waals surface area contributed by atoms with E-state index in [1.807, 2.05) is 19.1 Å². The van der Waals surface area contributed by atoms with E-state index in [9.17, 15) is 0 Å². The number of aryl methyl sites for hydroxylation is 1. The minimum absolute atomic E-state index is 0.474. The second-order valence-electron chi connectivity index (χ2n) is 4.24. The van der Waals surface area contributed by atoms with Crippen molar-refractivity contribution in [1.82, 2.24) is 4.98 Å². The van der Waals surface area contributed by atoms with Gasteiger partial charge in [-0.3, -0.25) is 4.98 Å². The third-order valence-corrected chi connectivity index (χ3v) is 3.48. The quantitative estimate of drug-likeness (QED) is 0.858. The van der Waals surface area contributed by atoms with Gasteiger partial charge in [-0.2, -0.15) is 0 Å². The van der Waals surface area contributed by atoms with E-state index >= 15 is 0 Å². The number of anilines is 1. The zero-order valence-electron chi connectivity index (χ0n) is 11.0. The van der Waals surface area contributed by atoms with Gasteiger partial charge in [-0.05, 0) is 19.1 Å². The molecule has 1 aromatic carbocycles. The predicted molar refractivity (Wildman–Crippen MR) is 84.3 cm³/mol. The van der Waals surface area contributed by atoms with Crippen LogP contribution in [0.15, 0.2) is 24.3 Å². The van der Waals surface area contributed by atoms with Crippen LogP contribution in [-0.2, 0) is 6.54 Å². The van der Waals surface area contributed by atoms with Crippen LogP contribution < -0.4 is 10.1 Å². The van der Waals surface area contributed by atoms with Crippen molar-refractivity contribution in [3.05, 3.63) is 50.7 Å². The fourth-order valence-corrected chi connectivity index (χ4v) is 2.75. The Morgan fingerprint density at radius 1 is 1.10 bits per heavy atom. The summed E-state index contributed by atoms with van der Waals surface area (Å²) in [6, 6.07) is 7.01. The third-order valence-electron chi connectivity index (χ3n) is 2.67. The molecule has 2 rings (SSSR count). The minimum atomic E-state index is 0.474. The van der Waals surface area contributed by atoms with Crippen LogP contribution >= 0.6 is 34.8 Å². The highest BCUT2D eigenvalue weighted by Crippen LogP contribution is 2.33. The average Bonchev–Trinajstić information content (AvgIpc) is 2.36. The van der Waals surface area contributed by atoms with E-state index in [0.29, 0.717) is 27.3 Å². The maximum atomic E-state index is 6.11. The molecule has 0 fully saturated rings. The van der Waals surface area contributed by atoms with Gasteiger partial charge in [0.05, 0.1) is 35.1 Å². The lowest BCUT2D eigenvalue weighted by molar-refractivity contribution is 0.413. The van der Waals surface area contributed by atoms with Crippen molar-refractivity contribution in [1.29, 1.82) is 0 Å². The Labute approximate surface area is 132 Å². The summed E-state index contributed by atoms with van der Waals surface area (Å²) in [6.07, 6.45) is 0. The number of hydrogen-bond donors (Lipinski definition) is 1. The Morgan fingerprint density at radius 2 is 1.75 bits per heavy atom. The number of rotatable bonds is 4. The summed E-state index contributed by atoms with van der Waals surface area (Å²) >= 11 is 18.1. The standard InChI is InChI=1S/C14H13Cl3N2O/c1-8-3-11(20-2)6-10(19-8)7-18-14-12(16)4-9(15)5-13(14)17/h3-6,18H,7H2,1-2H3. The molecule has 20 heavy (non-hydrogen) atoms. The summed E-state index contributed by atoms with van der Waals surface area (Å²) < 4.78 is 5.21. The number of nitrogens with zero attached hydrogens (tertiary/aromatic N) is 1. The molecular weight excluding hydrogens is 319 g/mol. The Balaban J connectivity index is 2.19. The number of halogens is 3. The van der Waals surface area contributed by atoms with Crippen LogP contribution in [0.25, 0.3) is 0 Å². The molecule has 0 aliphatic rings. The number of pyridine rings is 1. The molecule has 2 aromatic rings. The molecule has 0 aliphatic carbocycles. The molecule has 0 radical (unpaired) electrons. The molecule has 0 amide bonds. The van der Waals surface area contributed by atoms with Gasteiger partial charge in [0.15, 0.2) is 0 Å². The van der Waals surface area contributed by atoms with Gasteiger partial charge in [-0.25, -0.2) is 0 Å². The van der Waals surface area contributed by atoms with Gasteiger partial charge in [0.2, 0.25) is 0 Å². The fourth-order valence-electron chi connectivity index (χ4n) is 1.80. The lowest BCUT2D eigenvalue weighted by atomic mass is 10.2. The van der Waals surface area contributed by atoms with Crippen LogP contribution in [0.4, 0.5) is 5.69 Å². The highest BCUT2D eigenvalue weighted by molar-refractivity contribution is 6.41. The lowest BCUT2D eigenvalue weighted by Crippen LogP contribution is -2.04. The Kier molecular flexibility index (Phi) is 4.97. The van der Waals surface area contributed by atoms with Crippen molar-refractivity contribution >= 4 is 40.5 Å². The zero-order chi connectivity index (χ0) is 14.7. The van der Waals surface area contributed by atoms with Crippen LogP contribution in [-0.4, -0.2) is 12.1 Å². The fraction of sp³-hybridized carbons (Fsp3) is 0.214. The molecule has 6 heteroatoms. The van der Waals surface area contributed by atoms with E-state index in [4.69, 9.17) is 39.5 Å². The van der Waals surface area contributed by atoms with Gasteiger partial charge in [-0.1, -0.05) is 34.8 Å². The van der Waals surface area contributed by atoms with Crippen LogP contribution in [0.3, 0.4) is 0 Å². The molecule has 1 heterocycles. The smallest absolute Gasteiger partial charge is 0.122 e. The molecular formula is C14H13Cl3N2O. The largest absolute Gasteiger partial charge is 0.497 e. The maximum Gasteiger partial charge on any atom is 0.122 e. The predicted octanol–water partition coefficient (Wildman–Crippen LogP) is 4.97. The van der Waals surface area contributed by atoms with E-state index in [1.165, 1.54) is 0 Å². The molecule has 0 unspecified atom stereocenters. The zero-order valence-corrected chi connectivity index (χ0v) is 13.3. The third kappa shape index (κ3) is 3.69. The summed E-state index contributed by atoms with van der Waals surface area (Å²) in [6.45, 7) is 2.40. The molecule has 0 spiro atoms. The molecule has 1 N–H and O–H groups in total. The number of hydrogen-bond acceptors (Lipinski definition) is 3. The Bertz CT molecular complexity index is 609. The molecule has 106 valence electrons. The second kappa shape index (κ2) is 6.53. The second-order valence-corrected chi connectivity index (χ2v) is 5.49. The van der Waals surface area contributed by atoms with Gasteiger partial charge < -0.3 is 10.1 Å². The first kappa shape index (κ1) is 15.2. The first-order valence-electron chi connectivity index (χ1n) is 5.89. The number of ether oxygens (including phenoxy) is 1.